The summed E-state index contributed by atoms with van der Waals surface area (Å²) in [7, 11) is 2.02. The molecular weight excluding hydrogens is 224 g/mol. The zero-order chi connectivity index (χ0) is 11.7. The Balaban J connectivity index is 2.00. The van der Waals surface area contributed by atoms with Gasteiger partial charge in [0.05, 0.1) is 16.8 Å². The standard InChI is InChI=1S/C12H17ClN2O/c1-15(7-8-4-10(16)5-8)12-3-2-9(14)6-11(12)13/h2-3,6,8,10,16H,4-5,7,14H2,1H3. The van der Waals surface area contributed by atoms with E-state index in [-0.39, 0.29) is 6.10 Å². The van der Waals surface area contributed by atoms with Crippen LogP contribution in [-0.2, 0) is 0 Å². The van der Waals surface area contributed by atoms with Crippen LogP contribution in [0.2, 0.25) is 5.02 Å². The summed E-state index contributed by atoms with van der Waals surface area (Å²) in [5.74, 6) is 0.577. The lowest BCUT2D eigenvalue weighted by Gasteiger charge is -2.35. The van der Waals surface area contributed by atoms with Crippen molar-refractivity contribution in [1.82, 2.24) is 0 Å². The first-order chi connectivity index (χ1) is 7.56. The van der Waals surface area contributed by atoms with Gasteiger partial charge in [-0.25, -0.2) is 0 Å². The minimum atomic E-state index is -0.0970. The molecule has 1 aromatic carbocycles. The molecule has 0 aromatic heterocycles. The van der Waals surface area contributed by atoms with Crippen molar-refractivity contribution in [2.75, 3.05) is 24.2 Å². The highest BCUT2D eigenvalue weighted by Gasteiger charge is 2.28. The Morgan fingerprint density at radius 1 is 1.50 bits per heavy atom. The number of nitrogens with two attached hydrogens (primary N) is 1. The summed E-state index contributed by atoms with van der Waals surface area (Å²) in [6.07, 6.45) is 1.70. The fraction of sp³-hybridized carbons (Fsp3) is 0.500. The maximum absolute atomic E-state index is 9.23. The molecule has 1 saturated carbocycles. The van der Waals surface area contributed by atoms with Crippen LogP contribution >= 0.6 is 11.6 Å². The Morgan fingerprint density at radius 2 is 2.19 bits per heavy atom. The van der Waals surface area contributed by atoms with Crippen molar-refractivity contribution in [2.45, 2.75) is 18.9 Å². The number of hydrogen-bond acceptors (Lipinski definition) is 3. The lowest BCUT2D eigenvalue weighted by Crippen LogP contribution is -2.37. The molecule has 0 amide bonds. The molecule has 3 nitrogen and oxygen atoms in total. The van der Waals surface area contributed by atoms with Gasteiger partial charge < -0.3 is 15.7 Å². The number of hydrogen-bond donors (Lipinski definition) is 2. The van der Waals surface area contributed by atoms with Gasteiger partial charge in [0.1, 0.15) is 0 Å². The van der Waals surface area contributed by atoms with Gasteiger partial charge in [0.2, 0.25) is 0 Å². The molecule has 0 spiro atoms. The van der Waals surface area contributed by atoms with Crippen LogP contribution in [0.15, 0.2) is 18.2 Å². The summed E-state index contributed by atoms with van der Waals surface area (Å²) in [6.45, 7) is 0.931. The molecule has 1 aromatic rings. The molecule has 0 radical (unpaired) electrons. The van der Waals surface area contributed by atoms with Crippen LogP contribution < -0.4 is 10.6 Å². The molecule has 1 aliphatic rings. The van der Waals surface area contributed by atoms with Gasteiger partial charge in [-0.2, -0.15) is 0 Å². The normalized spacial score (nSPS) is 23.9. The minimum Gasteiger partial charge on any atom is -0.399 e. The van der Waals surface area contributed by atoms with Crippen molar-refractivity contribution in [2.24, 2.45) is 5.92 Å². The van der Waals surface area contributed by atoms with Crippen LogP contribution in [0.25, 0.3) is 0 Å². The smallest absolute Gasteiger partial charge is 0.0659 e. The van der Waals surface area contributed by atoms with Crippen LogP contribution in [0.1, 0.15) is 12.8 Å². The van der Waals surface area contributed by atoms with Crippen LogP contribution in [-0.4, -0.2) is 24.8 Å². The zero-order valence-corrected chi connectivity index (χ0v) is 10.1. The van der Waals surface area contributed by atoms with Gasteiger partial charge in [-0.05, 0) is 37.0 Å². The maximum atomic E-state index is 9.23. The van der Waals surface area contributed by atoms with E-state index in [0.29, 0.717) is 16.6 Å². The third-order valence-corrected chi connectivity index (χ3v) is 3.43. The third-order valence-electron chi connectivity index (χ3n) is 3.13. The van der Waals surface area contributed by atoms with Gasteiger partial charge in [0.25, 0.3) is 0 Å². The average molecular weight is 241 g/mol. The summed E-state index contributed by atoms with van der Waals surface area (Å²) in [6, 6.07) is 5.56. The van der Waals surface area contributed by atoms with E-state index in [0.717, 1.165) is 25.1 Å². The van der Waals surface area contributed by atoms with Gasteiger partial charge in [-0.3, -0.25) is 0 Å². The minimum absolute atomic E-state index is 0.0970. The molecule has 4 heteroatoms. The third kappa shape index (κ3) is 2.42. The highest BCUT2D eigenvalue weighted by Crippen LogP contribution is 2.32. The maximum Gasteiger partial charge on any atom is 0.0659 e. The number of aliphatic hydroxyl groups excluding tert-OH is 1. The van der Waals surface area contributed by atoms with Gasteiger partial charge in [0.15, 0.2) is 0 Å². The van der Waals surface area contributed by atoms with Gasteiger partial charge in [0, 0.05) is 19.3 Å². The number of aliphatic hydroxyl groups is 1. The lowest BCUT2D eigenvalue weighted by atomic mass is 9.82. The van der Waals surface area contributed by atoms with Crippen LogP contribution in [0.4, 0.5) is 11.4 Å². The molecule has 0 bridgehead atoms. The second-order valence-corrected chi connectivity index (χ2v) is 4.99. The SMILES string of the molecule is CN(CC1CC(O)C1)c1ccc(N)cc1Cl. The van der Waals surface area contributed by atoms with Crippen molar-refractivity contribution in [3.05, 3.63) is 23.2 Å². The molecule has 1 aliphatic carbocycles. The summed E-state index contributed by atoms with van der Waals surface area (Å²) >= 11 is 6.13. The van der Waals surface area contributed by atoms with Crippen LogP contribution in [0, 0.1) is 5.92 Å². The largest absolute Gasteiger partial charge is 0.399 e. The molecule has 1 fully saturated rings. The average Bonchev–Trinajstić information content (AvgIpc) is 2.15. The van der Waals surface area contributed by atoms with E-state index in [4.69, 9.17) is 17.3 Å². The van der Waals surface area contributed by atoms with Crippen molar-refractivity contribution >= 4 is 23.0 Å². The molecule has 88 valence electrons. The molecule has 0 heterocycles. The summed E-state index contributed by atoms with van der Waals surface area (Å²) < 4.78 is 0. The molecule has 2 rings (SSSR count). The summed E-state index contributed by atoms with van der Waals surface area (Å²) in [5.41, 5.74) is 7.33. The van der Waals surface area contributed by atoms with E-state index >= 15 is 0 Å². The predicted molar refractivity (Wildman–Crippen MR) is 67.9 cm³/mol. The Kier molecular flexibility index (Phi) is 3.26. The topological polar surface area (TPSA) is 49.5 Å². The number of benzene rings is 1. The highest BCUT2D eigenvalue weighted by atomic mass is 35.5. The molecule has 0 unspecified atom stereocenters. The molecular formula is C12H17ClN2O. The highest BCUT2D eigenvalue weighted by molar-refractivity contribution is 6.33. The van der Waals surface area contributed by atoms with Crippen LogP contribution in [0.5, 0.6) is 0 Å². The number of halogens is 1. The number of rotatable bonds is 3. The van der Waals surface area contributed by atoms with Crippen molar-refractivity contribution in [3.63, 3.8) is 0 Å². The summed E-state index contributed by atoms with van der Waals surface area (Å²) in [5, 5.41) is 9.91. The number of nitrogens with zero attached hydrogens (tertiary/aromatic N) is 1. The van der Waals surface area contributed by atoms with Gasteiger partial charge >= 0.3 is 0 Å². The van der Waals surface area contributed by atoms with E-state index < -0.39 is 0 Å². The number of anilines is 2. The second kappa shape index (κ2) is 4.52. The second-order valence-electron chi connectivity index (χ2n) is 4.58. The summed E-state index contributed by atoms with van der Waals surface area (Å²) in [4.78, 5) is 2.12. The predicted octanol–water partition coefficient (Wildman–Crippen LogP) is 2.13. The first kappa shape index (κ1) is 11.6. The lowest BCUT2D eigenvalue weighted by molar-refractivity contribution is 0.0465. The quantitative estimate of drug-likeness (QED) is 0.796. The molecule has 3 N–H and O–H groups in total. The zero-order valence-electron chi connectivity index (χ0n) is 9.36. The van der Waals surface area contributed by atoms with Crippen molar-refractivity contribution in [1.29, 1.82) is 0 Å². The van der Waals surface area contributed by atoms with E-state index in [9.17, 15) is 5.11 Å². The van der Waals surface area contributed by atoms with Crippen molar-refractivity contribution < 1.29 is 5.11 Å². The van der Waals surface area contributed by atoms with Crippen LogP contribution in [0.3, 0.4) is 0 Å². The molecule has 0 atom stereocenters. The Labute approximate surface area is 101 Å². The molecule has 16 heavy (non-hydrogen) atoms. The van der Waals surface area contributed by atoms with Crippen molar-refractivity contribution in [3.8, 4) is 0 Å². The van der Waals surface area contributed by atoms with Gasteiger partial charge in [-0.15, -0.1) is 0 Å². The van der Waals surface area contributed by atoms with Gasteiger partial charge in [-0.1, -0.05) is 11.6 Å². The van der Waals surface area contributed by atoms with E-state index in [2.05, 4.69) is 4.90 Å². The first-order valence-corrected chi connectivity index (χ1v) is 5.88. The van der Waals surface area contributed by atoms with E-state index in [1.54, 1.807) is 6.07 Å². The molecule has 0 saturated heterocycles. The number of nitrogen functional groups attached to an aromatic ring is 1. The Bertz CT molecular complexity index is 377. The fourth-order valence-electron chi connectivity index (χ4n) is 2.17. The Hall–Kier alpha value is -0.930. The monoisotopic (exact) mass is 240 g/mol. The fourth-order valence-corrected chi connectivity index (χ4v) is 2.50. The molecule has 0 aliphatic heterocycles. The van der Waals surface area contributed by atoms with E-state index in [1.165, 1.54) is 0 Å². The first-order valence-electron chi connectivity index (χ1n) is 5.50. The van der Waals surface area contributed by atoms with E-state index in [1.807, 2.05) is 19.2 Å². The Morgan fingerprint density at radius 3 is 2.75 bits per heavy atom.